The molecule has 0 radical (unpaired) electrons. The maximum Gasteiger partial charge on any atom is 0.0468 e. The minimum Gasteiger partial charge on any atom is -0.311 e. The lowest BCUT2D eigenvalue weighted by molar-refractivity contribution is 1.21. The number of para-hydroxylation sites is 1. The van der Waals surface area contributed by atoms with Crippen molar-refractivity contribution in [2.75, 3.05) is 4.90 Å². The van der Waals surface area contributed by atoms with Crippen LogP contribution in [0.2, 0.25) is 0 Å². The summed E-state index contributed by atoms with van der Waals surface area (Å²) in [5.74, 6) is 0. The molecule has 0 fully saturated rings. The molecule has 3 aromatic rings. The highest BCUT2D eigenvalue weighted by Crippen LogP contribution is 2.33. The average molecular weight is 376 g/mol. The molecule has 0 spiro atoms. The molecule has 0 atom stereocenters. The number of hydrogen-bond acceptors (Lipinski definition) is 1. The summed E-state index contributed by atoms with van der Waals surface area (Å²) < 4.78 is 1.07. The monoisotopic (exact) mass is 375 g/mol. The van der Waals surface area contributed by atoms with Crippen molar-refractivity contribution >= 4 is 38.1 Å². The SMILES string of the molecule is C=C/C=C(\C=C)N(c1ccccc1)c1ccc2ccc(Br)cc2c1. The fourth-order valence-corrected chi connectivity index (χ4v) is 3.10. The Morgan fingerprint density at radius 2 is 1.58 bits per heavy atom. The zero-order valence-electron chi connectivity index (χ0n) is 13.3. The van der Waals surface area contributed by atoms with Crippen LogP contribution in [0.25, 0.3) is 10.8 Å². The molecule has 24 heavy (non-hydrogen) atoms. The number of anilines is 2. The second-order valence-corrected chi connectivity index (χ2v) is 6.29. The third kappa shape index (κ3) is 3.34. The summed E-state index contributed by atoms with van der Waals surface area (Å²) in [4.78, 5) is 2.18. The molecule has 0 heterocycles. The van der Waals surface area contributed by atoms with E-state index in [0.717, 1.165) is 21.5 Å². The van der Waals surface area contributed by atoms with Crippen LogP contribution in [0, 0.1) is 0 Å². The Morgan fingerprint density at radius 3 is 2.29 bits per heavy atom. The van der Waals surface area contributed by atoms with E-state index in [1.165, 1.54) is 10.8 Å². The van der Waals surface area contributed by atoms with Gasteiger partial charge in [-0.1, -0.05) is 65.5 Å². The fourth-order valence-electron chi connectivity index (χ4n) is 2.72. The van der Waals surface area contributed by atoms with E-state index in [4.69, 9.17) is 0 Å². The van der Waals surface area contributed by atoms with E-state index in [1.807, 2.05) is 30.4 Å². The number of halogens is 1. The Kier molecular flexibility index (Phi) is 4.97. The normalized spacial score (nSPS) is 11.3. The van der Waals surface area contributed by atoms with Crippen LogP contribution < -0.4 is 4.90 Å². The molecule has 3 rings (SSSR count). The van der Waals surface area contributed by atoms with Crippen molar-refractivity contribution in [1.82, 2.24) is 0 Å². The number of hydrogen-bond donors (Lipinski definition) is 0. The summed E-state index contributed by atoms with van der Waals surface area (Å²) in [5, 5.41) is 2.40. The molecule has 0 bridgehead atoms. The van der Waals surface area contributed by atoms with Crippen molar-refractivity contribution in [3.63, 3.8) is 0 Å². The summed E-state index contributed by atoms with van der Waals surface area (Å²) in [5.41, 5.74) is 3.14. The molecule has 0 amide bonds. The molecule has 2 heteroatoms. The first kappa shape index (κ1) is 16.3. The minimum absolute atomic E-state index is 0.977. The largest absolute Gasteiger partial charge is 0.311 e. The first-order chi connectivity index (χ1) is 11.7. The average Bonchev–Trinajstić information content (AvgIpc) is 2.61. The van der Waals surface area contributed by atoms with Crippen molar-refractivity contribution in [2.24, 2.45) is 0 Å². The number of rotatable bonds is 5. The van der Waals surface area contributed by atoms with Crippen LogP contribution in [-0.2, 0) is 0 Å². The van der Waals surface area contributed by atoms with E-state index < -0.39 is 0 Å². The molecule has 0 aliphatic rings. The van der Waals surface area contributed by atoms with Gasteiger partial charge in [-0.05, 0) is 59.3 Å². The third-order valence-electron chi connectivity index (χ3n) is 3.81. The van der Waals surface area contributed by atoms with E-state index in [-0.39, 0.29) is 0 Å². The van der Waals surface area contributed by atoms with E-state index in [2.05, 4.69) is 82.5 Å². The molecule has 0 aliphatic heterocycles. The lowest BCUT2D eigenvalue weighted by Gasteiger charge is -2.26. The van der Waals surface area contributed by atoms with Gasteiger partial charge in [-0.25, -0.2) is 0 Å². The Morgan fingerprint density at radius 1 is 0.833 bits per heavy atom. The third-order valence-corrected chi connectivity index (χ3v) is 4.31. The van der Waals surface area contributed by atoms with Gasteiger partial charge in [0.25, 0.3) is 0 Å². The molecule has 0 unspecified atom stereocenters. The predicted octanol–water partition coefficient (Wildman–Crippen LogP) is 7.00. The lowest BCUT2D eigenvalue weighted by atomic mass is 10.1. The van der Waals surface area contributed by atoms with Crippen molar-refractivity contribution in [2.45, 2.75) is 0 Å². The molecule has 0 saturated carbocycles. The van der Waals surface area contributed by atoms with Gasteiger partial charge in [-0.3, -0.25) is 0 Å². The summed E-state index contributed by atoms with van der Waals surface area (Å²) in [6, 6.07) is 23.0. The fraction of sp³-hybridized carbons (Fsp3) is 0. The minimum atomic E-state index is 0.977. The van der Waals surface area contributed by atoms with Gasteiger partial charge in [0, 0.05) is 21.5 Å². The van der Waals surface area contributed by atoms with E-state index in [9.17, 15) is 0 Å². The van der Waals surface area contributed by atoms with Crippen molar-refractivity contribution in [1.29, 1.82) is 0 Å². The van der Waals surface area contributed by atoms with Gasteiger partial charge in [0.1, 0.15) is 0 Å². The molecule has 3 aromatic carbocycles. The second-order valence-electron chi connectivity index (χ2n) is 5.38. The van der Waals surface area contributed by atoms with Crippen molar-refractivity contribution in [3.05, 3.63) is 108 Å². The van der Waals surface area contributed by atoms with Crippen LogP contribution in [0.4, 0.5) is 11.4 Å². The van der Waals surface area contributed by atoms with Crippen LogP contribution in [0.15, 0.2) is 108 Å². The summed E-state index contributed by atoms with van der Waals surface area (Å²) in [7, 11) is 0. The van der Waals surface area contributed by atoms with E-state index in [0.29, 0.717) is 0 Å². The number of nitrogens with zero attached hydrogens (tertiary/aromatic N) is 1. The number of allylic oxidation sites excluding steroid dienone is 3. The molecule has 1 nitrogen and oxygen atoms in total. The molecule has 0 aromatic heterocycles. The van der Waals surface area contributed by atoms with Crippen LogP contribution >= 0.6 is 15.9 Å². The lowest BCUT2D eigenvalue weighted by Crippen LogP contribution is -2.14. The Balaban J connectivity index is 2.20. The van der Waals surface area contributed by atoms with Gasteiger partial charge in [0.15, 0.2) is 0 Å². The maximum atomic E-state index is 3.96. The van der Waals surface area contributed by atoms with Crippen LogP contribution in [-0.4, -0.2) is 0 Å². The zero-order valence-corrected chi connectivity index (χ0v) is 14.9. The van der Waals surface area contributed by atoms with Gasteiger partial charge < -0.3 is 4.90 Å². The quantitative estimate of drug-likeness (QED) is 0.434. The van der Waals surface area contributed by atoms with Gasteiger partial charge >= 0.3 is 0 Å². The van der Waals surface area contributed by atoms with Crippen LogP contribution in [0.5, 0.6) is 0 Å². The Hall–Kier alpha value is -2.58. The van der Waals surface area contributed by atoms with Gasteiger partial charge in [-0.15, -0.1) is 0 Å². The van der Waals surface area contributed by atoms with Gasteiger partial charge in [-0.2, -0.15) is 0 Å². The maximum absolute atomic E-state index is 3.96. The van der Waals surface area contributed by atoms with E-state index in [1.54, 1.807) is 6.08 Å². The molecular weight excluding hydrogens is 358 g/mol. The van der Waals surface area contributed by atoms with Gasteiger partial charge in [0.2, 0.25) is 0 Å². The summed E-state index contributed by atoms with van der Waals surface area (Å²) in [6.07, 6.45) is 5.59. The zero-order chi connectivity index (χ0) is 16.9. The second kappa shape index (κ2) is 7.33. The van der Waals surface area contributed by atoms with Crippen molar-refractivity contribution < 1.29 is 0 Å². The first-order valence-corrected chi connectivity index (χ1v) is 8.52. The van der Waals surface area contributed by atoms with E-state index >= 15 is 0 Å². The topological polar surface area (TPSA) is 3.24 Å². The highest BCUT2D eigenvalue weighted by molar-refractivity contribution is 9.10. The Labute approximate surface area is 151 Å². The number of fused-ring (bicyclic) bond motifs is 1. The first-order valence-electron chi connectivity index (χ1n) is 7.72. The summed E-state index contributed by atoms with van der Waals surface area (Å²) >= 11 is 3.55. The molecular formula is C22H18BrN. The Bertz CT molecular complexity index is 910. The van der Waals surface area contributed by atoms with Crippen molar-refractivity contribution in [3.8, 4) is 0 Å². The highest BCUT2D eigenvalue weighted by atomic mass is 79.9. The van der Waals surface area contributed by atoms with Crippen LogP contribution in [0.1, 0.15) is 0 Å². The standard InChI is InChI=1S/C22H18BrN/c1-3-8-20(4-2)24(21-9-6-5-7-10-21)22-14-12-17-11-13-19(23)15-18(17)16-22/h3-16H,1-2H2/b20-8+. The smallest absolute Gasteiger partial charge is 0.0468 e. The predicted molar refractivity (Wildman–Crippen MR) is 109 cm³/mol. The molecule has 118 valence electrons. The highest BCUT2D eigenvalue weighted by Gasteiger charge is 2.12. The summed E-state index contributed by atoms with van der Waals surface area (Å²) in [6.45, 7) is 7.79. The molecule has 0 aliphatic carbocycles. The number of benzene rings is 3. The molecule has 0 N–H and O–H groups in total. The van der Waals surface area contributed by atoms with Crippen LogP contribution in [0.3, 0.4) is 0 Å². The molecule has 0 saturated heterocycles. The van der Waals surface area contributed by atoms with Gasteiger partial charge in [0.05, 0.1) is 0 Å².